The molecule has 19 heavy (non-hydrogen) atoms. The van der Waals surface area contributed by atoms with Crippen molar-refractivity contribution in [3.05, 3.63) is 23.8 Å². The van der Waals surface area contributed by atoms with Gasteiger partial charge in [-0.2, -0.15) is 0 Å². The summed E-state index contributed by atoms with van der Waals surface area (Å²) in [6.45, 7) is 1.38. The lowest BCUT2D eigenvalue weighted by Gasteiger charge is -2.24. The van der Waals surface area contributed by atoms with E-state index in [9.17, 15) is 4.79 Å². The Morgan fingerprint density at radius 3 is 2.84 bits per heavy atom. The highest BCUT2D eigenvalue weighted by molar-refractivity contribution is 5.76. The van der Waals surface area contributed by atoms with Gasteiger partial charge in [-0.1, -0.05) is 12.1 Å². The number of para-hydroxylation sites is 1. The molecule has 5 nitrogen and oxygen atoms in total. The summed E-state index contributed by atoms with van der Waals surface area (Å²) in [5, 5.41) is 6.30. The number of hydrogen-bond donors (Lipinski definition) is 2. The molecule has 2 rings (SSSR count). The summed E-state index contributed by atoms with van der Waals surface area (Å²) >= 11 is 0. The number of carbonyl (C=O) groups excluding carboxylic acids is 1. The van der Waals surface area contributed by atoms with Crippen LogP contribution in [0.25, 0.3) is 0 Å². The van der Waals surface area contributed by atoms with E-state index in [-0.39, 0.29) is 5.91 Å². The summed E-state index contributed by atoms with van der Waals surface area (Å²) < 4.78 is 10.7. The highest BCUT2D eigenvalue weighted by atomic mass is 16.5. The molecule has 0 radical (unpaired) electrons. The Balaban J connectivity index is 1.97. The fraction of sp³-hybridized carbons (Fsp3) is 0.500. The number of methoxy groups -OCH3 is 2. The zero-order chi connectivity index (χ0) is 13.7. The van der Waals surface area contributed by atoms with Gasteiger partial charge in [0.25, 0.3) is 0 Å². The van der Waals surface area contributed by atoms with Crippen LogP contribution < -0.4 is 20.1 Å². The molecule has 1 fully saturated rings. The van der Waals surface area contributed by atoms with Crippen LogP contribution in [-0.2, 0) is 11.3 Å². The van der Waals surface area contributed by atoms with Crippen molar-refractivity contribution in [3.63, 3.8) is 0 Å². The van der Waals surface area contributed by atoms with Gasteiger partial charge in [-0.3, -0.25) is 4.79 Å². The number of ether oxygens (including phenoxy) is 2. The number of hydrogen-bond acceptors (Lipinski definition) is 4. The van der Waals surface area contributed by atoms with Crippen LogP contribution in [0.2, 0.25) is 0 Å². The fourth-order valence-corrected chi connectivity index (χ4v) is 2.25. The van der Waals surface area contributed by atoms with E-state index in [1.54, 1.807) is 14.2 Å². The molecule has 0 bridgehead atoms. The minimum Gasteiger partial charge on any atom is -0.493 e. The molecular formula is C14H20N2O3. The average Bonchev–Trinajstić information content (AvgIpc) is 2.46. The zero-order valence-corrected chi connectivity index (χ0v) is 11.4. The normalized spacial score (nSPS) is 18.8. The van der Waals surface area contributed by atoms with Gasteiger partial charge in [-0.05, 0) is 12.5 Å². The Morgan fingerprint density at radius 1 is 1.37 bits per heavy atom. The van der Waals surface area contributed by atoms with Gasteiger partial charge in [0.05, 0.1) is 14.2 Å². The second-order valence-electron chi connectivity index (χ2n) is 4.57. The number of nitrogens with one attached hydrogen (secondary N) is 2. The highest BCUT2D eigenvalue weighted by Gasteiger charge is 2.18. The third-order valence-electron chi connectivity index (χ3n) is 3.33. The van der Waals surface area contributed by atoms with E-state index in [0.29, 0.717) is 25.6 Å². The van der Waals surface area contributed by atoms with Crippen molar-refractivity contribution in [1.29, 1.82) is 0 Å². The van der Waals surface area contributed by atoms with Crippen molar-refractivity contribution < 1.29 is 14.3 Å². The van der Waals surface area contributed by atoms with E-state index < -0.39 is 0 Å². The van der Waals surface area contributed by atoms with Crippen LogP contribution in [0.15, 0.2) is 18.2 Å². The third kappa shape index (κ3) is 3.38. The SMILES string of the molecule is COc1cccc(CNC2CCC(=O)NC2)c1OC. The largest absolute Gasteiger partial charge is 0.493 e. The first-order valence-corrected chi connectivity index (χ1v) is 6.44. The standard InChI is InChI=1S/C14H20N2O3/c1-18-12-5-3-4-10(14(12)19-2)8-15-11-6-7-13(17)16-9-11/h3-5,11,15H,6-9H2,1-2H3,(H,16,17). The topological polar surface area (TPSA) is 59.6 Å². The molecule has 0 spiro atoms. The maximum atomic E-state index is 11.1. The average molecular weight is 264 g/mol. The van der Waals surface area contributed by atoms with Gasteiger partial charge in [0, 0.05) is 31.1 Å². The lowest BCUT2D eigenvalue weighted by atomic mass is 10.1. The van der Waals surface area contributed by atoms with Crippen molar-refractivity contribution in [1.82, 2.24) is 10.6 Å². The molecule has 1 atom stereocenters. The van der Waals surface area contributed by atoms with E-state index in [4.69, 9.17) is 9.47 Å². The summed E-state index contributed by atoms with van der Waals surface area (Å²) in [4.78, 5) is 11.1. The van der Waals surface area contributed by atoms with Crippen LogP contribution in [0, 0.1) is 0 Å². The first-order valence-electron chi connectivity index (χ1n) is 6.44. The molecule has 2 N–H and O–H groups in total. The van der Waals surface area contributed by atoms with Crippen molar-refractivity contribution in [2.24, 2.45) is 0 Å². The Bertz CT molecular complexity index is 438. The van der Waals surface area contributed by atoms with Gasteiger partial charge in [0.1, 0.15) is 0 Å². The van der Waals surface area contributed by atoms with Crippen molar-refractivity contribution in [2.45, 2.75) is 25.4 Å². The maximum absolute atomic E-state index is 11.1. The fourth-order valence-electron chi connectivity index (χ4n) is 2.25. The van der Waals surface area contributed by atoms with Gasteiger partial charge in [0.15, 0.2) is 11.5 Å². The molecule has 1 aromatic rings. The lowest BCUT2D eigenvalue weighted by molar-refractivity contribution is -0.122. The van der Waals surface area contributed by atoms with E-state index >= 15 is 0 Å². The van der Waals surface area contributed by atoms with Crippen LogP contribution in [0.3, 0.4) is 0 Å². The first-order chi connectivity index (χ1) is 9.24. The minimum atomic E-state index is 0.136. The number of amides is 1. The maximum Gasteiger partial charge on any atom is 0.220 e. The molecule has 1 aliphatic heterocycles. The highest BCUT2D eigenvalue weighted by Crippen LogP contribution is 2.30. The molecule has 0 aliphatic carbocycles. The molecule has 1 unspecified atom stereocenters. The van der Waals surface area contributed by atoms with Crippen LogP contribution in [-0.4, -0.2) is 32.7 Å². The van der Waals surface area contributed by atoms with Gasteiger partial charge < -0.3 is 20.1 Å². The molecule has 1 aliphatic rings. The third-order valence-corrected chi connectivity index (χ3v) is 3.33. The van der Waals surface area contributed by atoms with Crippen LogP contribution in [0.1, 0.15) is 18.4 Å². The smallest absolute Gasteiger partial charge is 0.220 e. The molecule has 1 aromatic carbocycles. The quantitative estimate of drug-likeness (QED) is 0.835. The molecule has 5 heteroatoms. The first kappa shape index (κ1) is 13.7. The summed E-state index contributed by atoms with van der Waals surface area (Å²) in [6.07, 6.45) is 1.46. The Morgan fingerprint density at radius 2 is 2.21 bits per heavy atom. The second-order valence-corrected chi connectivity index (χ2v) is 4.57. The van der Waals surface area contributed by atoms with E-state index in [1.807, 2.05) is 18.2 Å². The number of carbonyl (C=O) groups is 1. The molecule has 1 amide bonds. The molecule has 0 saturated carbocycles. The minimum absolute atomic E-state index is 0.136. The Kier molecular flexibility index (Phi) is 4.63. The molecule has 104 valence electrons. The monoisotopic (exact) mass is 264 g/mol. The Hall–Kier alpha value is -1.75. The van der Waals surface area contributed by atoms with E-state index in [1.165, 1.54) is 0 Å². The number of rotatable bonds is 5. The van der Waals surface area contributed by atoms with Crippen molar-refractivity contribution in [2.75, 3.05) is 20.8 Å². The Labute approximate surface area is 113 Å². The zero-order valence-electron chi connectivity index (χ0n) is 11.4. The predicted molar refractivity (Wildman–Crippen MR) is 72.4 cm³/mol. The molecule has 1 heterocycles. The van der Waals surface area contributed by atoms with Gasteiger partial charge in [-0.15, -0.1) is 0 Å². The summed E-state index contributed by atoms with van der Waals surface area (Å²) in [7, 11) is 3.27. The number of benzene rings is 1. The molecule has 0 aromatic heterocycles. The molecule has 1 saturated heterocycles. The molecular weight excluding hydrogens is 244 g/mol. The van der Waals surface area contributed by atoms with E-state index in [0.717, 1.165) is 23.5 Å². The summed E-state index contributed by atoms with van der Waals surface area (Å²) in [5.41, 5.74) is 1.05. The van der Waals surface area contributed by atoms with Crippen LogP contribution in [0.5, 0.6) is 11.5 Å². The van der Waals surface area contributed by atoms with Gasteiger partial charge in [-0.25, -0.2) is 0 Å². The van der Waals surface area contributed by atoms with Crippen molar-refractivity contribution >= 4 is 5.91 Å². The number of piperidine rings is 1. The van der Waals surface area contributed by atoms with Gasteiger partial charge >= 0.3 is 0 Å². The van der Waals surface area contributed by atoms with E-state index in [2.05, 4.69) is 10.6 Å². The summed E-state index contributed by atoms with van der Waals surface area (Å²) in [6, 6.07) is 6.15. The second kappa shape index (κ2) is 6.43. The predicted octanol–water partition coefficient (Wildman–Crippen LogP) is 1.07. The van der Waals surface area contributed by atoms with Crippen LogP contribution >= 0.6 is 0 Å². The summed E-state index contributed by atoms with van der Waals surface area (Å²) in [5.74, 6) is 1.63. The van der Waals surface area contributed by atoms with Crippen molar-refractivity contribution in [3.8, 4) is 11.5 Å². The van der Waals surface area contributed by atoms with Gasteiger partial charge in [0.2, 0.25) is 5.91 Å². The van der Waals surface area contributed by atoms with Crippen LogP contribution in [0.4, 0.5) is 0 Å². The lowest BCUT2D eigenvalue weighted by Crippen LogP contribution is -2.45.